The van der Waals surface area contributed by atoms with Crippen molar-refractivity contribution in [2.24, 2.45) is 5.41 Å². The predicted molar refractivity (Wildman–Crippen MR) is 84.5 cm³/mol. The summed E-state index contributed by atoms with van der Waals surface area (Å²) in [4.78, 5) is 19.8. The Bertz CT molecular complexity index is 486. The van der Waals surface area contributed by atoms with Crippen LogP contribution in [0.3, 0.4) is 0 Å². The van der Waals surface area contributed by atoms with Crippen molar-refractivity contribution in [3.05, 3.63) is 16.1 Å². The first-order valence-corrected chi connectivity index (χ1v) is 8.69. The Balaban J connectivity index is 1.45. The quantitative estimate of drug-likeness (QED) is 0.898. The number of carbonyl (C=O) groups excluding carboxylic acids is 1. The first kappa shape index (κ1) is 14.8. The minimum Gasteiger partial charge on any atom is -0.331 e. The summed E-state index contributed by atoms with van der Waals surface area (Å²) < 4.78 is 0. The van der Waals surface area contributed by atoms with E-state index in [1.165, 1.54) is 11.3 Å². The highest BCUT2D eigenvalue weighted by molar-refractivity contribution is 7.11. The molecule has 1 spiro atoms. The van der Waals surface area contributed by atoms with Crippen LogP contribution in [0.1, 0.15) is 36.1 Å². The average molecular weight is 308 g/mol. The van der Waals surface area contributed by atoms with Crippen LogP contribution in [0.2, 0.25) is 0 Å². The summed E-state index contributed by atoms with van der Waals surface area (Å²) >= 11 is 1.68. The Kier molecular flexibility index (Phi) is 4.45. The molecule has 0 unspecified atom stereocenters. The summed E-state index contributed by atoms with van der Waals surface area (Å²) in [7, 11) is 0. The van der Waals surface area contributed by atoms with Crippen LogP contribution in [0, 0.1) is 5.41 Å². The zero-order chi connectivity index (χ0) is 14.7. The maximum atomic E-state index is 12.2. The second kappa shape index (κ2) is 6.32. The number of amides is 2. The second-order valence-electron chi connectivity index (χ2n) is 6.15. The van der Waals surface area contributed by atoms with Crippen LogP contribution < -0.4 is 10.6 Å². The van der Waals surface area contributed by atoms with Gasteiger partial charge in [0.25, 0.3) is 0 Å². The van der Waals surface area contributed by atoms with Crippen molar-refractivity contribution in [2.75, 3.05) is 26.2 Å². The van der Waals surface area contributed by atoms with Crippen LogP contribution in [-0.4, -0.2) is 42.1 Å². The molecule has 3 heterocycles. The largest absolute Gasteiger partial charge is 0.331 e. The van der Waals surface area contributed by atoms with Gasteiger partial charge in [-0.05, 0) is 37.6 Å². The molecule has 0 radical (unpaired) electrons. The lowest BCUT2D eigenvalue weighted by Crippen LogP contribution is -2.47. The average Bonchev–Trinajstić information content (AvgIpc) is 3.15. The normalized spacial score (nSPS) is 20.9. The molecule has 2 aliphatic rings. The summed E-state index contributed by atoms with van der Waals surface area (Å²) in [6.07, 6.45) is 6.44. The number of hydrogen-bond acceptors (Lipinski definition) is 4. The van der Waals surface area contributed by atoms with E-state index in [-0.39, 0.29) is 6.03 Å². The molecule has 2 fully saturated rings. The number of carbonyl (C=O) groups is 1. The molecule has 2 saturated heterocycles. The summed E-state index contributed by atoms with van der Waals surface area (Å²) in [6, 6.07) is 0.0593. The van der Waals surface area contributed by atoms with Crippen LogP contribution in [0.25, 0.3) is 0 Å². The van der Waals surface area contributed by atoms with Crippen LogP contribution in [0.4, 0.5) is 4.79 Å². The van der Waals surface area contributed by atoms with Gasteiger partial charge in [-0.1, -0.05) is 6.92 Å². The Labute approximate surface area is 130 Å². The number of piperidine rings is 1. The Morgan fingerprint density at radius 1 is 1.48 bits per heavy atom. The fraction of sp³-hybridized carbons (Fsp3) is 0.733. The number of aryl methyl sites for hydroxylation is 1. The zero-order valence-corrected chi connectivity index (χ0v) is 13.5. The van der Waals surface area contributed by atoms with E-state index in [2.05, 4.69) is 22.5 Å². The summed E-state index contributed by atoms with van der Waals surface area (Å²) in [5, 5.41) is 7.45. The van der Waals surface area contributed by atoms with E-state index in [1.807, 2.05) is 11.1 Å². The number of thiazole rings is 1. The van der Waals surface area contributed by atoms with E-state index in [9.17, 15) is 4.79 Å². The van der Waals surface area contributed by atoms with Gasteiger partial charge in [0.15, 0.2) is 0 Å². The minimum atomic E-state index is 0.0593. The van der Waals surface area contributed by atoms with Gasteiger partial charge in [0, 0.05) is 30.7 Å². The number of hydrogen-bond donors (Lipinski definition) is 2. The van der Waals surface area contributed by atoms with Crippen molar-refractivity contribution in [3.63, 3.8) is 0 Å². The first-order valence-electron chi connectivity index (χ1n) is 7.88. The molecule has 2 amide bonds. The van der Waals surface area contributed by atoms with Gasteiger partial charge in [0.1, 0.15) is 5.01 Å². The lowest BCUT2D eigenvalue weighted by Gasteiger charge is -2.38. The van der Waals surface area contributed by atoms with Gasteiger partial charge >= 0.3 is 6.03 Å². The van der Waals surface area contributed by atoms with Crippen LogP contribution in [-0.2, 0) is 13.0 Å². The lowest BCUT2D eigenvalue weighted by atomic mass is 9.78. The van der Waals surface area contributed by atoms with Gasteiger partial charge in [-0.15, -0.1) is 11.3 Å². The van der Waals surface area contributed by atoms with Gasteiger partial charge in [-0.2, -0.15) is 0 Å². The highest BCUT2D eigenvalue weighted by atomic mass is 32.1. The smallest absolute Gasteiger partial charge is 0.317 e. The maximum absolute atomic E-state index is 12.2. The van der Waals surface area contributed by atoms with Crippen LogP contribution >= 0.6 is 11.3 Å². The fourth-order valence-corrected chi connectivity index (χ4v) is 4.06. The highest BCUT2D eigenvalue weighted by Crippen LogP contribution is 2.36. The molecule has 0 atom stereocenters. The molecule has 2 N–H and O–H groups in total. The molecule has 1 aromatic rings. The van der Waals surface area contributed by atoms with Crippen molar-refractivity contribution in [2.45, 2.75) is 39.2 Å². The molecule has 5 nitrogen and oxygen atoms in total. The molecule has 6 heteroatoms. The van der Waals surface area contributed by atoms with Crippen molar-refractivity contribution in [1.82, 2.24) is 20.5 Å². The molecule has 0 aromatic carbocycles. The van der Waals surface area contributed by atoms with E-state index >= 15 is 0 Å². The third kappa shape index (κ3) is 3.37. The standard InChI is InChI=1S/C15H24N4OS/c1-2-12-9-17-13(21-12)10-18-14(20)19-7-4-15(5-8-19)3-6-16-11-15/h9,16H,2-8,10-11H2,1H3,(H,18,20). The van der Waals surface area contributed by atoms with Crippen LogP contribution in [0.5, 0.6) is 0 Å². The minimum absolute atomic E-state index is 0.0593. The summed E-state index contributed by atoms with van der Waals surface area (Å²) in [6.45, 7) is 6.69. The number of rotatable bonds is 3. The van der Waals surface area contributed by atoms with E-state index in [0.717, 1.165) is 50.4 Å². The molecule has 1 aromatic heterocycles. The van der Waals surface area contributed by atoms with Gasteiger partial charge in [-0.25, -0.2) is 9.78 Å². The second-order valence-corrected chi connectivity index (χ2v) is 7.35. The predicted octanol–water partition coefficient (Wildman–Crippen LogP) is 1.99. The van der Waals surface area contributed by atoms with E-state index in [0.29, 0.717) is 12.0 Å². The number of nitrogens with zero attached hydrogens (tertiary/aromatic N) is 2. The van der Waals surface area contributed by atoms with Crippen LogP contribution in [0.15, 0.2) is 6.20 Å². The number of aromatic nitrogens is 1. The molecular formula is C15H24N4OS. The molecule has 3 rings (SSSR count). The number of likely N-dealkylation sites (tertiary alicyclic amines) is 1. The topological polar surface area (TPSA) is 57.3 Å². The third-order valence-electron chi connectivity index (χ3n) is 4.78. The van der Waals surface area contributed by atoms with Crippen molar-refractivity contribution in [1.29, 1.82) is 0 Å². The molecule has 21 heavy (non-hydrogen) atoms. The Hall–Kier alpha value is -1.14. The first-order chi connectivity index (χ1) is 10.2. The SMILES string of the molecule is CCc1cnc(CNC(=O)N2CCC3(CCNC3)CC2)s1. The van der Waals surface area contributed by atoms with Gasteiger partial charge in [-0.3, -0.25) is 0 Å². The molecule has 0 bridgehead atoms. The molecule has 2 aliphatic heterocycles. The van der Waals surface area contributed by atoms with E-state index in [1.54, 1.807) is 11.3 Å². The lowest BCUT2D eigenvalue weighted by molar-refractivity contribution is 0.129. The van der Waals surface area contributed by atoms with Crippen molar-refractivity contribution < 1.29 is 4.79 Å². The molecule has 0 saturated carbocycles. The maximum Gasteiger partial charge on any atom is 0.317 e. The van der Waals surface area contributed by atoms with Crippen molar-refractivity contribution >= 4 is 17.4 Å². The molecule has 116 valence electrons. The summed E-state index contributed by atoms with van der Waals surface area (Å²) in [5.74, 6) is 0. The Morgan fingerprint density at radius 3 is 2.90 bits per heavy atom. The van der Waals surface area contributed by atoms with E-state index < -0.39 is 0 Å². The van der Waals surface area contributed by atoms with Gasteiger partial charge < -0.3 is 15.5 Å². The Morgan fingerprint density at radius 2 is 2.29 bits per heavy atom. The van der Waals surface area contributed by atoms with Gasteiger partial charge in [0.2, 0.25) is 0 Å². The number of nitrogens with one attached hydrogen (secondary N) is 2. The zero-order valence-electron chi connectivity index (χ0n) is 12.7. The highest BCUT2D eigenvalue weighted by Gasteiger charge is 2.37. The number of urea groups is 1. The van der Waals surface area contributed by atoms with E-state index in [4.69, 9.17) is 0 Å². The fourth-order valence-electron chi connectivity index (χ4n) is 3.26. The molecular weight excluding hydrogens is 284 g/mol. The van der Waals surface area contributed by atoms with Crippen molar-refractivity contribution in [3.8, 4) is 0 Å². The summed E-state index contributed by atoms with van der Waals surface area (Å²) in [5.41, 5.74) is 0.460. The third-order valence-corrected chi connectivity index (χ3v) is 5.93. The molecule has 0 aliphatic carbocycles. The monoisotopic (exact) mass is 308 g/mol. The van der Waals surface area contributed by atoms with Gasteiger partial charge in [0.05, 0.1) is 6.54 Å².